The van der Waals surface area contributed by atoms with Gasteiger partial charge in [-0.25, -0.2) is 14.0 Å². The van der Waals surface area contributed by atoms with Crippen LogP contribution in [0.4, 0.5) is 14.9 Å². The second-order valence-electron chi connectivity index (χ2n) is 3.51. The van der Waals surface area contributed by atoms with Gasteiger partial charge in [-0.3, -0.25) is 10.1 Å². The Balaban J connectivity index is 2.45. The van der Waals surface area contributed by atoms with E-state index >= 15 is 0 Å². The lowest BCUT2D eigenvalue weighted by Gasteiger charge is -2.07. The Morgan fingerprint density at radius 1 is 1.30 bits per heavy atom. The van der Waals surface area contributed by atoms with Crippen LogP contribution in [-0.4, -0.2) is 36.2 Å². The molecule has 3 amide bonds. The average Bonchev–Trinajstić information content (AvgIpc) is 2.33. The van der Waals surface area contributed by atoms with Gasteiger partial charge in [0.2, 0.25) is 0 Å². The average molecular weight is 305 g/mol. The number of carbonyl (C=O) groups is 3. The molecule has 1 aromatic rings. The van der Waals surface area contributed by atoms with Crippen LogP contribution in [0.2, 0.25) is 5.02 Å². The summed E-state index contributed by atoms with van der Waals surface area (Å²) in [6, 6.07) is 2.53. The van der Waals surface area contributed by atoms with Crippen molar-refractivity contribution in [2.45, 2.75) is 0 Å². The van der Waals surface area contributed by atoms with Crippen molar-refractivity contribution in [3.05, 3.63) is 29.0 Å². The van der Waals surface area contributed by atoms with E-state index in [1.165, 1.54) is 12.1 Å². The Labute approximate surface area is 117 Å². The monoisotopic (exact) mass is 304 g/mol. The smallest absolute Gasteiger partial charge is 0.329 e. The second-order valence-corrected chi connectivity index (χ2v) is 3.95. The summed E-state index contributed by atoms with van der Waals surface area (Å²) in [6.07, 6.45) is 0. The summed E-state index contributed by atoms with van der Waals surface area (Å²) in [7, 11) is 0. The predicted molar refractivity (Wildman–Crippen MR) is 67.0 cm³/mol. The molecule has 0 spiro atoms. The van der Waals surface area contributed by atoms with Gasteiger partial charge in [-0.15, -0.1) is 0 Å². The first-order valence-corrected chi connectivity index (χ1v) is 5.61. The van der Waals surface area contributed by atoms with Gasteiger partial charge in [0.15, 0.2) is 0 Å². The number of amides is 3. The minimum Gasteiger partial charge on any atom is -0.480 e. The Morgan fingerprint density at radius 2 is 2.00 bits per heavy atom. The molecule has 1 rings (SSSR count). The van der Waals surface area contributed by atoms with E-state index in [-0.39, 0.29) is 10.7 Å². The van der Waals surface area contributed by atoms with Crippen LogP contribution < -0.4 is 10.6 Å². The highest BCUT2D eigenvalue weighted by atomic mass is 35.5. The number of hydrogen-bond acceptors (Lipinski definition) is 4. The Morgan fingerprint density at radius 3 is 2.65 bits per heavy atom. The number of urea groups is 1. The summed E-state index contributed by atoms with van der Waals surface area (Å²) in [6.45, 7) is -1.28. The number of imide groups is 1. The summed E-state index contributed by atoms with van der Waals surface area (Å²) >= 11 is 5.62. The van der Waals surface area contributed by atoms with Gasteiger partial charge in [0.05, 0.1) is 5.69 Å². The van der Waals surface area contributed by atoms with Crippen LogP contribution in [0.5, 0.6) is 0 Å². The van der Waals surface area contributed by atoms with E-state index in [2.05, 4.69) is 10.1 Å². The zero-order valence-electron chi connectivity index (χ0n) is 9.98. The first-order valence-electron chi connectivity index (χ1n) is 5.24. The number of carbonyl (C=O) groups excluding carboxylic acids is 2. The number of carboxylic acids is 1. The van der Waals surface area contributed by atoms with Crippen LogP contribution in [-0.2, 0) is 14.3 Å². The molecular weight excluding hydrogens is 295 g/mol. The number of anilines is 1. The van der Waals surface area contributed by atoms with Crippen molar-refractivity contribution in [3.8, 4) is 0 Å². The highest BCUT2D eigenvalue weighted by Gasteiger charge is 2.11. The van der Waals surface area contributed by atoms with Crippen molar-refractivity contribution in [3.63, 3.8) is 0 Å². The summed E-state index contributed by atoms with van der Waals surface area (Å²) in [5.74, 6) is -2.84. The molecule has 0 bridgehead atoms. The number of nitrogens with one attached hydrogen (secondary N) is 2. The standard InChI is InChI=1S/C11H10ClFN2O5/c12-6-1-2-7(13)8(3-6)14-11(19)15-9(16)4-20-5-10(17)18/h1-3H,4-5H2,(H,17,18)(H2,14,15,16,19). The van der Waals surface area contributed by atoms with E-state index in [4.69, 9.17) is 16.7 Å². The van der Waals surface area contributed by atoms with E-state index in [1.54, 1.807) is 0 Å². The van der Waals surface area contributed by atoms with Crippen molar-refractivity contribution in [1.29, 1.82) is 0 Å². The van der Waals surface area contributed by atoms with E-state index in [0.717, 1.165) is 6.07 Å². The number of halogens is 2. The molecule has 0 unspecified atom stereocenters. The molecule has 0 aromatic heterocycles. The normalized spacial score (nSPS) is 9.90. The van der Waals surface area contributed by atoms with Gasteiger partial charge in [0.25, 0.3) is 5.91 Å². The fraction of sp³-hybridized carbons (Fsp3) is 0.182. The van der Waals surface area contributed by atoms with Crippen LogP contribution in [0, 0.1) is 5.82 Å². The lowest BCUT2D eigenvalue weighted by molar-refractivity contribution is -0.143. The van der Waals surface area contributed by atoms with Gasteiger partial charge in [-0.1, -0.05) is 11.6 Å². The summed E-state index contributed by atoms with van der Waals surface area (Å²) in [5.41, 5.74) is -0.200. The van der Waals surface area contributed by atoms with Crippen molar-refractivity contribution in [2.24, 2.45) is 0 Å². The number of ether oxygens (including phenoxy) is 1. The van der Waals surface area contributed by atoms with Gasteiger partial charge in [-0.05, 0) is 18.2 Å². The quantitative estimate of drug-likeness (QED) is 0.759. The maximum absolute atomic E-state index is 13.3. The van der Waals surface area contributed by atoms with Crippen LogP contribution in [0.1, 0.15) is 0 Å². The molecule has 0 atom stereocenters. The molecule has 7 nitrogen and oxygen atoms in total. The molecule has 0 heterocycles. The molecule has 20 heavy (non-hydrogen) atoms. The van der Waals surface area contributed by atoms with E-state index in [1.807, 2.05) is 5.32 Å². The topological polar surface area (TPSA) is 105 Å². The van der Waals surface area contributed by atoms with Gasteiger partial charge in [0.1, 0.15) is 19.0 Å². The lowest BCUT2D eigenvalue weighted by atomic mass is 10.3. The third kappa shape index (κ3) is 5.63. The SMILES string of the molecule is O=C(O)COCC(=O)NC(=O)Nc1cc(Cl)ccc1F. The third-order valence-electron chi connectivity index (χ3n) is 1.89. The molecule has 9 heteroatoms. The number of benzene rings is 1. The number of rotatable bonds is 5. The second kappa shape index (κ2) is 7.41. The molecule has 0 saturated heterocycles. The molecule has 108 valence electrons. The minimum absolute atomic E-state index is 0.200. The molecule has 3 N–H and O–H groups in total. The molecule has 0 aliphatic rings. The largest absolute Gasteiger partial charge is 0.480 e. The fourth-order valence-corrected chi connectivity index (χ4v) is 1.31. The Hall–Kier alpha value is -2.19. The molecule has 0 saturated carbocycles. The van der Waals surface area contributed by atoms with Crippen molar-refractivity contribution < 1.29 is 28.6 Å². The molecule has 0 aliphatic heterocycles. The highest BCUT2D eigenvalue weighted by molar-refractivity contribution is 6.30. The molecular formula is C11H10ClFN2O5. The molecule has 0 aliphatic carbocycles. The Bertz CT molecular complexity index is 538. The maximum atomic E-state index is 13.3. The maximum Gasteiger partial charge on any atom is 0.329 e. The van der Waals surface area contributed by atoms with Gasteiger partial charge >= 0.3 is 12.0 Å². The predicted octanol–water partition coefficient (Wildman–Crippen LogP) is 1.23. The van der Waals surface area contributed by atoms with E-state index < -0.39 is 36.9 Å². The molecule has 1 aromatic carbocycles. The number of carboxylic acid groups (broad SMARTS) is 1. The van der Waals surface area contributed by atoms with Crippen molar-refractivity contribution in [1.82, 2.24) is 5.32 Å². The van der Waals surface area contributed by atoms with Crippen LogP contribution in [0.15, 0.2) is 18.2 Å². The highest BCUT2D eigenvalue weighted by Crippen LogP contribution is 2.19. The first kappa shape index (κ1) is 15.9. The zero-order valence-corrected chi connectivity index (χ0v) is 10.7. The summed E-state index contributed by atoms with van der Waals surface area (Å²) in [4.78, 5) is 32.6. The molecule has 0 radical (unpaired) electrons. The zero-order chi connectivity index (χ0) is 15.1. The Kier molecular flexibility index (Phi) is 5.88. The van der Waals surface area contributed by atoms with Crippen molar-refractivity contribution >= 4 is 35.2 Å². The first-order chi connectivity index (χ1) is 9.38. The van der Waals surface area contributed by atoms with Gasteiger partial charge in [-0.2, -0.15) is 0 Å². The van der Waals surface area contributed by atoms with Gasteiger partial charge < -0.3 is 15.2 Å². The van der Waals surface area contributed by atoms with Gasteiger partial charge in [0, 0.05) is 5.02 Å². The molecule has 0 fully saturated rings. The number of hydrogen-bond donors (Lipinski definition) is 3. The van der Waals surface area contributed by atoms with Crippen LogP contribution >= 0.6 is 11.6 Å². The number of aliphatic carboxylic acids is 1. The lowest BCUT2D eigenvalue weighted by Crippen LogP contribution is -2.37. The van der Waals surface area contributed by atoms with E-state index in [0.29, 0.717) is 0 Å². The summed E-state index contributed by atoms with van der Waals surface area (Å²) < 4.78 is 17.7. The van der Waals surface area contributed by atoms with Crippen molar-refractivity contribution in [2.75, 3.05) is 18.5 Å². The summed E-state index contributed by atoms with van der Waals surface area (Å²) in [5, 5.41) is 12.4. The fourth-order valence-electron chi connectivity index (χ4n) is 1.14. The minimum atomic E-state index is -1.25. The van der Waals surface area contributed by atoms with Crippen LogP contribution in [0.3, 0.4) is 0 Å². The van der Waals surface area contributed by atoms with E-state index in [9.17, 15) is 18.8 Å². The third-order valence-corrected chi connectivity index (χ3v) is 2.12. The van der Waals surface area contributed by atoms with Crippen LogP contribution in [0.25, 0.3) is 0 Å².